The number of nitro groups is 1. The second-order valence-corrected chi connectivity index (χ2v) is 2.77. The van der Waals surface area contributed by atoms with Crippen molar-refractivity contribution in [2.75, 3.05) is 0 Å². The lowest BCUT2D eigenvalue weighted by atomic mass is 10.2. The Bertz CT molecular complexity index is 371. The molecule has 1 heterocycles. The first-order valence-corrected chi connectivity index (χ1v) is 3.92. The monoisotopic (exact) mass is 199 g/mol. The van der Waals surface area contributed by atoms with E-state index in [0.717, 1.165) is 0 Å². The quantitative estimate of drug-likeness (QED) is 0.546. The van der Waals surface area contributed by atoms with Crippen molar-refractivity contribution >= 4 is 11.8 Å². The third-order valence-electron chi connectivity index (χ3n) is 1.63. The van der Waals surface area contributed by atoms with E-state index in [4.69, 9.17) is 5.11 Å². The normalized spacial score (nSPS) is 10.1. The maximum Gasteiger partial charge on any atom is 0.343 e. The Hall–Kier alpha value is -1.92. The van der Waals surface area contributed by atoms with Gasteiger partial charge >= 0.3 is 11.8 Å². The molecule has 7 heteroatoms. The van der Waals surface area contributed by atoms with Crippen LogP contribution in [0, 0.1) is 17.0 Å². The van der Waals surface area contributed by atoms with Crippen LogP contribution in [0.2, 0.25) is 0 Å². The summed E-state index contributed by atoms with van der Waals surface area (Å²) in [6, 6.07) is 0. The lowest BCUT2D eigenvalue weighted by Gasteiger charge is -1.94. The van der Waals surface area contributed by atoms with E-state index in [-0.39, 0.29) is 24.4 Å². The van der Waals surface area contributed by atoms with Gasteiger partial charge in [-0.3, -0.25) is 4.79 Å². The number of rotatable bonds is 4. The number of imidazole rings is 1. The van der Waals surface area contributed by atoms with Crippen LogP contribution in [0.1, 0.15) is 17.9 Å². The summed E-state index contributed by atoms with van der Waals surface area (Å²) in [5, 5.41) is 18.9. The summed E-state index contributed by atoms with van der Waals surface area (Å²) in [6.07, 6.45) is -0.0961. The average Bonchev–Trinajstić information content (AvgIpc) is 2.43. The molecule has 0 bridgehead atoms. The summed E-state index contributed by atoms with van der Waals surface area (Å²) >= 11 is 0. The third kappa shape index (κ3) is 2.28. The number of hydrogen-bond donors (Lipinski definition) is 2. The topological polar surface area (TPSA) is 109 Å². The van der Waals surface area contributed by atoms with Gasteiger partial charge in [-0.1, -0.05) is 0 Å². The van der Waals surface area contributed by atoms with E-state index in [2.05, 4.69) is 9.97 Å². The smallest absolute Gasteiger partial charge is 0.343 e. The summed E-state index contributed by atoms with van der Waals surface area (Å²) in [7, 11) is 0. The van der Waals surface area contributed by atoms with Crippen LogP contribution < -0.4 is 0 Å². The highest BCUT2D eigenvalue weighted by molar-refractivity contribution is 5.67. The molecule has 1 aromatic heterocycles. The minimum Gasteiger partial charge on any atom is -0.481 e. The van der Waals surface area contributed by atoms with Crippen LogP contribution in [0.25, 0.3) is 0 Å². The van der Waals surface area contributed by atoms with Gasteiger partial charge in [0.2, 0.25) is 0 Å². The first-order chi connectivity index (χ1) is 6.50. The number of aromatic amines is 1. The fraction of sp³-hybridized carbons (Fsp3) is 0.429. The number of aryl methyl sites for hydroxylation is 2. The zero-order valence-corrected chi connectivity index (χ0v) is 7.48. The molecule has 0 amide bonds. The van der Waals surface area contributed by atoms with E-state index >= 15 is 0 Å². The molecule has 0 fully saturated rings. The van der Waals surface area contributed by atoms with Gasteiger partial charge in [-0.05, 0) is 4.92 Å². The summed E-state index contributed by atoms with van der Waals surface area (Å²) in [5.74, 6) is -0.805. The Kier molecular flexibility index (Phi) is 2.80. The molecule has 0 aromatic carbocycles. The second kappa shape index (κ2) is 3.86. The first kappa shape index (κ1) is 10.2. The fourth-order valence-corrected chi connectivity index (χ4v) is 1.08. The zero-order chi connectivity index (χ0) is 10.7. The van der Waals surface area contributed by atoms with Gasteiger partial charge in [-0.25, -0.2) is 9.97 Å². The second-order valence-electron chi connectivity index (χ2n) is 2.77. The number of H-pyrrole nitrogens is 1. The predicted octanol–water partition coefficient (Wildman–Crippen LogP) is 0.644. The Morgan fingerprint density at radius 2 is 2.36 bits per heavy atom. The largest absolute Gasteiger partial charge is 0.481 e. The van der Waals surface area contributed by atoms with Crippen molar-refractivity contribution in [3.8, 4) is 0 Å². The summed E-state index contributed by atoms with van der Waals surface area (Å²) in [4.78, 5) is 26.4. The van der Waals surface area contributed by atoms with E-state index < -0.39 is 10.9 Å². The minimum absolute atomic E-state index is 0.0655. The van der Waals surface area contributed by atoms with E-state index in [0.29, 0.717) is 5.82 Å². The van der Waals surface area contributed by atoms with Crippen molar-refractivity contribution in [1.29, 1.82) is 0 Å². The minimum atomic E-state index is -1.00. The molecular weight excluding hydrogens is 190 g/mol. The summed E-state index contributed by atoms with van der Waals surface area (Å²) in [6.45, 7) is 1.58. The molecule has 0 saturated carbocycles. The van der Waals surface area contributed by atoms with Crippen LogP contribution in [0.15, 0.2) is 0 Å². The molecule has 0 aliphatic rings. The third-order valence-corrected chi connectivity index (χ3v) is 1.63. The maximum atomic E-state index is 10.5. The molecule has 7 nitrogen and oxygen atoms in total. The zero-order valence-electron chi connectivity index (χ0n) is 7.48. The van der Waals surface area contributed by atoms with Crippen LogP contribution in [0.4, 0.5) is 5.82 Å². The number of hydrogen-bond acceptors (Lipinski definition) is 4. The SMILES string of the molecule is Cc1nc(CCC(=O)O)c([N+](=O)[O-])[nH]1. The van der Waals surface area contributed by atoms with Crippen molar-refractivity contribution in [2.24, 2.45) is 0 Å². The van der Waals surface area contributed by atoms with Crippen molar-refractivity contribution in [1.82, 2.24) is 9.97 Å². The lowest BCUT2D eigenvalue weighted by Crippen LogP contribution is -2.00. The maximum absolute atomic E-state index is 10.5. The number of carboxylic acid groups (broad SMARTS) is 1. The molecule has 1 aromatic rings. The van der Waals surface area contributed by atoms with Crippen LogP contribution in [0.5, 0.6) is 0 Å². The highest BCUT2D eigenvalue weighted by Crippen LogP contribution is 2.16. The molecule has 1 rings (SSSR count). The van der Waals surface area contributed by atoms with Gasteiger partial charge in [0.1, 0.15) is 5.69 Å². The Labute approximate surface area is 78.9 Å². The molecule has 0 radical (unpaired) electrons. The van der Waals surface area contributed by atoms with E-state index in [1.165, 1.54) is 0 Å². The number of carbonyl (C=O) groups is 1. The van der Waals surface area contributed by atoms with Gasteiger partial charge in [0.15, 0.2) is 5.82 Å². The summed E-state index contributed by atoms with van der Waals surface area (Å²) in [5.41, 5.74) is 0.190. The molecule has 76 valence electrons. The molecule has 0 spiro atoms. The van der Waals surface area contributed by atoms with E-state index in [1.54, 1.807) is 6.92 Å². The predicted molar refractivity (Wildman–Crippen MR) is 45.9 cm³/mol. The molecule has 0 saturated heterocycles. The Morgan fingerprint density at radius 3 is 2.86 bits per heavy atom. The molecule has 0 aliphatic heterocycles. The van der Waals surface area contributed by atoms with Gasteiger partial charge in [0.05, 0.1) is 6.42 Å². The first-order valence-electron chi connectivity index (χ1n) is 3.92. The molecule has 14 heavy (non-hydrogen) atoms. The number of aromatic nitrogens is 2. The number of carboxylic acids is 1. The van der Waals surface area contributed by atoms with Crippen molar-refractivity contribution in [3.05, 3.63) is 21.6 Å². The van der Waals surface area contributed by atoms with Crippen LogP contribution in [-0.2, 0) is 11.2 Å². The summed E-state index contributed by atoms with van der Waals surface area (Å²) < 4.78 is 0. The molecular formula is C7H9N3O4. The van der Waals surface area contributed by atoms with E-state index in [9.17, 15) is 14.9 Å². The van der Waals surface area contributed by atoms with Crippen molar-refractivity contribution < 1.29 is 14.8 Å². The van der Waals surface area contributed by atoms with E-state index in [1.807, 2.05) is 0 Å². The van der Waals surface area contributed by atoms with Crippen LogP contribution in [0.3, 0.4) is 0 Å². The number of nitrogens with one attached hydrogen (secondary N) is 1. The van der Waals surface area contributed by atoms with Gasteiger partial charge in [0, 0.05) is 13.3 Å². The Morgan fingerprint density at radius 1 is 1.71 bits per heavy atom. The highest BCUT2D eigenvalue weighted by Gasteiger charge is 2.18. The van der Waals surface area contributed by atoms with Gasteiger partial charge in [0.25, 0.3) is 0 Å². The van der Waals surface area contributed by atoms with Crippen LogP contribution >= 0.6 is 0 Å². The molecule has 0 atom stereocenters. The van der Waals surface area contributed by atoms with Crippen molar-refractivity contribution in [2.45, 2.75) is 19.8 Å². The lowest BCUT2D eigenvalue weighted by molar-refractivity contribution is -0.390. The Balaban J connectivity index is 2.84. The average molecular weight is 199 g/mol. The number of aliphatic carboxylic acids is 1. The van der Waals surface area contributed by atoms with Crippen molar-refractivity contribution in [3.63, 3.8) is 0 Å². The highest BCUT2D eigenvalue weighted by atomic mass is 16.6. The van der Waals surface area contributed by atoms with Gasteiger partial charge < -0.3 is 15.2 Å². The van der Waals surface area contributed by atoms with Crippen LogP contribution in [-0.4, -0.2) is 26.0 Å². The standard InChI is InChI=1S/C7H9N3O4/c1-4-8-5(2-3-6(11)12)7(9-4)10(13)14/h2-3H2,1H3,(H,8,9)(H,11,12). The molecule has 0 unspecified atom stereocenters. The molecule has 2 N–H and O–H groups in total. The molecule has 0 aliphatic carbocycles. The number of nitrogens with zero attached hydrogens (tertiary/aromatic N) is 2. The van der Waals surface area contributed by atoms with Gasteiger partial charge in [-0.15, -0.1) is 0 Å². The van der Waals surface area contributed by atoms with Gasteiger partial charge in [-0.2, -0.15) is 0 Å². The fourth-order valence-electron chi connectivity index (χ4n) is 1.08.